The number of aryl methyl sites for hydroxylation is 3. The minimum Gasteiger partial charge on any atom is -0.342 e. The molecule has 2 amide bonds. The minimum absolute atomic E-state index is 0.0719. The average Bonchev–Trinajstić information content (AvgIpc) is 3.53. The molecule has 1 aromatic heterocycles. The summed E-state index contributed by atoms with van der Waals surface area (Å²) in [6.45, 7) is 2.97. The Bertz CT molecular complexity index is 1080. The van der Waals surface area contributed by atoms with Crippen LogP contribution in [-0.2, 0) is 35.4 Å². The van der Waals surface area contributed by atoms with Gasteiger partial charge in [0.25, 0.3) is 0 Å². The van der Waals surface area contributed by atoms with Crippen LogP contribution in [0.3, 0.4) is 0 Å². The van der Waals surface area contributed by atoms with Gasteiger partial charge in [-0.1, -0.05) is 12.5 Å². The third-order valence-corrected chi connectivity index (χ3v) is 8.10. The van der Waals surface area contributed by atoms with E-state index in [1.54, 1.807) is 0 Å². The maximum absolute atomic E-state index is 13.5. The summed E-state index contributed by atoms with van der Waals surface area (Å²) >= 11 is 0. The molecule has 2 atom stereocenters. The summed E-state index contributed by atoms with van der Waals surface area (Å²) < 4.78 is 2.32. The van der Waals surface area contributed by atoms with Crippen molar-refractivity contribution >= 4 is 17.5 Å². The fourth-order valence-corrected chi connectivity index (χ4v) is 6.30. The number of carbonyl (C=O) groups is 2. The van der Waals surface area contributed by atoms with Crippen molar-refractivity contribution in [3.05, 3.63) is 41.0 Å². The van der Waals surface area contributed by atoms with E-state index >= 15 is 0 Å². The summed E-state index contributed by atoms with van der Waals surface area (Å²) in [6, 6.07) is 6.39. The largest absolute Gasteiger partial charge is 0.342 e. The summed E-state index contributed by atoms with van der Waals surface area (Å²) in [4.78, 5) is 30.2. The Hall–Kier alpha value is -2.70. The van der Waals surface area contributed by atoms with Crippen LogP contribution in [0.25, 0.3) is 0 Å². The smallest absolute Gasteiger partial charge is 0.228 e. The van der Waals surface area contributed by atoms with Gasteiger partial charge in [-0.2, -0.15) is 0 Å². The maximum Gasteiger partial charge on any atom is 0.228 e. The second-order valence-electron chi connectivity index (χ2n) is 10.3. The Morgan fingerprint density at radius 2 is 1.82 bits per heavy atom. The van der Waals surface area contributed by atoms with E-state index < -0.39 is 0 Å². The topological polar surface area (TPSA) is 71.3 Å². The molecule has 2 unspecified atom stereocenters. The molecule has 0 spiro atoms. The van der Waals surface area contributed by atoms with Gasteiger partial charge < -0.3 is 14.4 Å². The molecule has 7 heteroatoms. The van der Waals surface area contributed by atoms with Crippen molar-refractivity contribution in [1.82, 2.24) is 19.7 Å². The lowest BCUT2D eigenvalue weighted by Crippen LogP contribution is -2.43. The Kier molecular flexibility index (Phi) is 5.43. The molecule has 33 heavy (non-hydrogen) atoms. The predicted molar refractivity (Wildman–Crippen MR) is 125 cm³/mol. The van der Waals surface area contributed by atoms with Crippen LogP contribution in [0.2, 0.25) is 0 Å². The fourth-order valence-electron chi connectivity index (χ4n) is 6.30. The zero-order chi connectivity index (χ0) is 22.4. The first-order valence-corrected chi connectivity index (χ1v) is 12.8. The molecule has 0 saturated carbocycles. The Balaban J connectivity index is 1.15. The van der Waals surface area contributed by atoms with Crippen molar-refractivity contribution in [2.45, 2.75) is 76.7 Å². The van der Waals surface area contributed by atoms with Gasteiger partial charge in [-0.05, 0) is 68.2 Å². The van der Waals surface area contributed by atoms with Crippen LogP contribution in [-0.4, -0.2) is 51.1 Å². The average molecular weight is 448 g/mol. The van der Waals surface area contributed by atoms with Crippen molar-refractivity contribution in [3.63, 3.8) is 0 Å². The van der Waals surface area contributed by atoms with Gasteiger partial charge in [0.1, 0.15) is 11.6 Å². The first-order valence-electron chi connectivity index (χ1n) is 12.8. The second kappa shape index (κ2) is 8.58. The van der Waals surface area contributed by atoms with Gasteiger partial charge in [-0.3, -0.25) is 9.59 Å². The highest BCUT2D eigenvalue weighted by Gasteiger charge is 2.39. The van der Waals surface area contributed by atoms with E-state index in [2.05, 4.69) is 33.0 Å². The highest BCUT2D eigenvalue weighted by atomic mass is 16.2. The summed E-state index contributed by atoms with van der Waals surface area (Å²) in [7, 11) is 0. The number of carbonyl (C=O) groups excluding carboxylic acids is 2. The zero-order valence-corrected chi connectivity index (χ0v) is 19.3. The normalized spacial score (nSPS) is 25.2. The van der Waals surface area contributed by atoms with Gasteiger partial charge in [-0.15, -0.1) is 10.2 Å². The zero-order valence-electron chi connectivity index (χ0n) is 19.3. The predicted octanol–water partition coefficient (Wildman–Crippen LogP) is 3.25. The van der Waals surface area contributed by atoms with Crippen LogP contribution in [0.5, 0.6) is 0 Å². The molecule has 6 rings (SSSR count). The fraction of sp³-hybridized carbons (Fsp3) is 0.615. The molecule has 2 fully saturated rings. The van der Waals surface area contributed by atoms with Crippen molar-refractivity contribution in [2.24, 2.45) is 5.92 Å². The summed E-state index contributed by atoms with van der Waals surface area (Å²) in [5, 5.41) is 9.03. The molecule has 7 nitrogen and oxygen atoms in total. The van der Waals surface area contributed by atoms with E-state index in [0.29, 0.717) is 19.5 Å². The van der Waals surface area contributed by atoms with Gasteiger partial charge in [0.2, 0.25) is 11.8 Å². The number of rotatable bonds is 3. The number of nitrogens with zero attached hydrogens (tertiary/aromatic N) is 5. The van der Waals surface area contributed by atoms with E-state index in [4.69, 9.17) is 0 Å². The molecular weight excluding hydrogens is 414 g/mol. The van der Waals surface area contributed by atoms with E-state index in [9.17, 15) is 9.59 Å². The lowest BCUT2D eigenvalue weighted by Gasteiger charge is -2.34. The van der Waals surface area contributed by atoms with Crippen LogP contribution >= 0.6 is 0 Å². The number of benzene rings is 1. The number of hydrogen-bond donors (Lipinski definition) is 0. The Labute approximate surface area is 195 Å². The van der Waals surface area contributed by atoms with Gasteiger partial charge in [0.05, 0.1) is 5.92 Å². The van der Waals surface area contributed by atoms with Gasteiger partial charge in [0, 0.05) is 50.6 Å². The second-order valence-corrected chi connectivity index (χ2v) is 10.3. The lowest BCUT2D eigenvalue weighted by molar-refractivity contribution is -0.137. The van der Waals surface area contributed by atoms with E-state index in [0.717, 1.165) is 62.5 Å². The number of piperidine rings is 1. The van der Waals surface area contributed by atoms with Crippen LogP contribution in [0, 0.1) is 5.92 Å². The number of amides is 2. The molecule has 0 radical (unpaired) electrons. The van der Waals surface area contributed by atoms with Gasteiger partial charge >= 0.3 is 0 Å². The maximum atomic E-state index is 13.5. The molecule has 4 heterocycles. The monoisotopic (exact) mass is 447 g/mol. The SMILES string of the molecule is O=C(C1CC(=O)N(c2ccc3c(c2)CCC3)C1)N1CCCC(c2nnc3n2CCCCC3)C1. The quantitative estimate of drug-likeness (QED) is 0.724. The van der Waals surface area contributed by atoms with Crippen LogP contribution in [0.15, 0.2) is 18.2 Å². The van der Waals surface area contributed by atoms with E-state index in [-0.39, 0.29) is 23.7 Å². The van der Waals surface area contributed by atoms with Crippen molar-refractivity contribution in [1.29, 1.82) is 0 Å². The number of fused-ring (bicyclic) bond motifs is 2. The first-order chi connectivity index (χ1) is 16.2. The summed E-state index contributed by atoms with van der Waals surface area (Å²) in [6.07, 6.45) is 10.4. The molecule has 0 bridgehead atoms. The molecule has 3 aliphatic heterocycles. The standard InChI is InChI=1S/C26H33N5O2/c32-24-15-21(17-31(24)22-11-10-18-6-4-7-19(18)14-22)26(33)29-12-5-8-20(16-29)25-28-27-23-9-2-1-3-13-30(23)25/h10-11,14,20-21H,1-9,12-13,15-17H2. The first kappa shape index (κ1) is 20.9. The van der Waals surface area contributed by atoms with E-state index in [1.807, 2.05) is 9.80 Å². The Morgan fingerprint density at radius 1 is 0.909 bits per heavy atom. The van der Waals surface area contributed by atoms with Crippen molar-refractivity contribution in [2.75, 3.05) is 24.5 Å². The Morgan fingerprint density at radius 3 is 2.76 bits per heavy atom. The molecule has 2 aromatic rings. The molecule has 2 saturated heterocycles. The minimum atomic E-state index is -0.250. The van der Waals surface area contributed by atoms with Crippen LogP contribution in [0.1, 0.15) is 73.6 Å². The van der Waals surface area contributed by atoms with Crippen molar-refractivity contribution < 1.29 is 9.59 Å². The number of anilines is 1. The van der Waals surface area contributed by atoms with Gasteiger partial charge in [0.15, 0.2) is 0 Å². The highest BCUT2D eigenvalue weighted by Crippen LogP contribution is 2.33. The van der Waals surface area contributed by atoms with E-state index in [1.165, 1.54) is 36.8 Å². The lowest BCUT2D eigenvalue weighted by atomic mass is 9.95. The summed E-state index contributed by atoms with van der Waals surface area (Å²) in [5.74, 6) is 2.37. The molecule has 0 N–H and O–H groups in total. The highest BCUT2D eigenvalue weighted by molar-refractivity contribution is 6.00. The number of hydrogen-bond acceptors (Lipinski definition) is 4. The van der Waals surface area contributed by atoms with Crippen molar-refractivity contribution in [3.8, 4) is 0 Å². The number of likely N-dealkylation sites (tertiary alicyclic amines) is 1. The van der Waals surface area contributed by atoms with Gasteiger partial charge in [-0.25, -0.2) is 0 Å². The molecular formula is C26H33N5O2. The van der Waals surface area contributed by atoms with Crippen LogP contribution < -0.4 is 4.90 Å². The number of aromatic nitrogens is 3. The molecule has 1 aliphatic carbocycles. The molecule has 174 valence electrons. The van der Waals surface area contributed by atoms with Crippen LogP contribution in [0.4, 0.5) is 5.69 Å². The summed E-state index contributed by atoms with van der Waals surface area (Å²) in [5.41, 5.74) is 3.73. The third-order valence-electron chi connectivity index (χ3n) is 8.10. The third kappa shape index (κ3) is 3.85. The molecule has 1 aromatic carbocycles. The molecule has 4 aliphatic rings.